The zero-order chi connectivity index (χ0) is 22.2. The van der Waals surface area contributed by atoms with Crippen LogP contribution in [0.5, 0.6) is 0 Å². The summed E-state index contributed by atoms with van der Waals surface area (Å²) in [6.45, 7) is 0. The lowest BCUT2D eigenvalue weighted by Crippen LogP contribution is -2.32. The van der Waals surface area contributed by atoms with Gasteiger partial charge in [0, 0.05) is 25.3 Å². The third-order valence-corrected chi connectivity index (χ3v) is 4.20. The van der Waals surface area contributed by atoms with Gasteiger partial charge in [0.05, 0.1) is 12.5 Å². The number of hydrazone groups is 1. The molecule has 1 aromatic heterocycles. The molecule has 0 radical (unpaired) electrons. The van der Waals surface area contributed by atoms with E-state index < -0.39 is 17.6 Å². The molecule has 2 N–H and O–H groups in total. The Balaban J connectivity index is 1.83. The molecule has 0 atom stereocenters. The van der Waals surface area contributed by atoms with Gasteiger partial charge in [-0.25, -0.2) is 9.82 Å². The summed E-state index contributed by atoms with van der Waals surface area (Å²) in [6.07, 6.45) is 4.31. The number of hydrogen-bond acceptors (Lipinski definition) is 5. The molecule has 3 aromatic rings. The molecule has 2 aromatic carbocycles. The summed E-state index contributed by atoms with van der Waals surface area (Å²) in [7, 11) is 3.83. The van der Waals surface area contributed by atoms with E-state index in [4.69, 9.17) is 4.42 Å². The number of anilines is 1. The highest BCUT2D eigenvalue weighted by molar-refractivity contribution is 6.05. The van der Waals surface area contributed by atoms with Gasteiger partial charge in [0.1, 0.15) is 17.3 Å². The van der Waals surface area contributed by atoms with Crippen molar-refractivity contribution in [2.75, 3.05) is 19.0 Å². The van der Waals surface area contributed by atoms with E-state index in [0.29, 0.717) is 11.3 Å². The first-order valence-electron chi connectivity index (χ1n) is 9.35. The molecule has 0 unspecified atom stereocenters. The minimum Gasteiger partial charge on any atom is -0.463 e. The van der Waals surface area contributed by atoms with Crippen molar-refractivity contribution in [3.63, 3.8) is 0 Å². The maximum Gasteiger partial charge on any atom is 0.287 e. The van der Waals surface area contributed by atoms with E-state index in [1.54, 1.807) is 12.1 Å². The molecule has 0 aliphatic heterocycles. The zero-order valence-electron chi connectivity index (χ0n) is 17.0. The lowest BCUT2D eigenvalue weighted by Gasteiger charge is -2.12. The van der Waals surface area contributed by atoms with E-state index in [0.717, 1.165) is 11.8 Å². The van der Waals surface area contributed by atoms with Crippen molar-refractivity contribution in [3.05, 3.63) is 95.3 Å². The quantitative estimate of drug-likeness (QED) is 0.348. The largest absolute Gasteiger partial charge is 0.463 e. The summed E-state index contributed by atoms with van der Waals surface area (Å²) >= 11 is 0. The van der Waals surface area contributed by atoms with Gasteiger partial charge in [-0.3, -0.25) is 9.59 Å². The van der Waals surface area contributed by atoms with Gasteiger partial charge in [-0.1, -0.05) is 18.2 Å². The fourth-order valence-corrected chi connectivity index (χ4v) is 2.60. The summed E-state index contributed by atoms with van der Waals surface area (Å²) in [5, 5.41) is 6.36. The molecule has 0 bridgehead atoms. The predicted octanol–water partition coefficient (Wildman–Crippen LogP) is 3.41. The van der Waals surface area contributed by atoms with E-state index in [-0.39, 0.29) is 11.3 Å². The van der Waals surface area contributed by atoms with Gasteiger partial charge >= 0.3 is 0 Å². The average Bonchev–Trinajstić information content (AvgIpc) is 3.27. The van der Waals surface area contributed by atoms with Crippen LogP contribution in [0.25, 0.3) is 6.08 Å². The van der Waals surface area contributed by atoms with E-state index in [1.165, 1.54) is 36.8 Å². The summed E-state index contributed by atoms with van der Waals surface area (Å²) in [6, 6.07) is 15.9. The first kappa shape index (κ1) is 21.5. The van der Waals surface area contributed by atoms with E-state index in [2.05, 4.69) is 15.8 Å². The third-order valence-electron chi connectivity index (χ3n) is 4.20. The lowest BCUT2D eigenvalue weighted by atomic mass is 10.1. The van der Waals surface area contributed by atoms with Gasteiger partial charge in [-0.2, -0.15) is 5.10 Å². The highest BCUT2D eigenvalue weighted by atomic mass is 19.1. The first-order chi connectivity index (χ1) is 14.9. The van der Waals surface area contributed by atoms with E-state index >= 15 is 0 Å². The molecule has 7 nitrogen and oxygen atoms in total. The molecule has 3 rings (SSSR count). The monoisotopic (exact) mass is 420 g/mol. The van der Waals surface area contributed by atoms with Gasteiger partial charge in [-0.05, 0) is 54.1 Å². The van der Waals surface area contributed by atoms with Crippen molar-refractivity contribution in [2.24, 2.45) is 5.10 Å². The number of carbonyl (C=O) groups excluding carboxylic acids is 2. The Hall–Kier alpha value is -4.20. The van der Waals surface area contributed by atoms with Crippen molar-refractivity contribution in [1.29, 1.82) is 0 Å². The number of carbonyl (C=O) groups is 2. The van der Waals surface area contributed by atoms with Gasteiger partial charge in [0.2, 0.25) is 0 Å². The number of nitrogens with one attached hydrogen (secondary N) is 2. The van der Waals surface area contributed by atoms with Crippen LogP contribution in [-0.2, 0) is 4.79 Å². The van der Waals surface area contributed by atoms with Crippen LogP contribution < -0.4 is 15.6 Å². The Morgan fingerprint density at radius 2 is 1.84 bits per heavy atom. The highest BCUT2D eigenvalue weighted by Crippen LogP contribution is 2.15. The molecular weight excluding hydrogens is 399 g/mol. The van der Waals surface area contributed by atoms with Gasteiger partial charge < -0.3 is 14.6 Å². The molecule has 31 heavy (non-hydrogen) atoms. The summed E-state index contributed by atoms with van der Waals surface area (Å²) in [5.41, 5.74) is 4.04. The third kappa shape index (κ3) is 6.14. The maximum atomic E-state index is 13.5. The Labute approximate surface area is 178 Å². The molecule has 8 heteroatoms. The summed E-state index contributed by atoms with van der Waals surface area (Å²) in [5.74, 6) is -1.37. The molecule has 158 valence electrons. The average molecular weight is 420 g/mol. The number of benzene rings is 2. The number of hydrogen-bond donors (Lipinski definition) is 2. The minimum absolute atomic E-state index is 0.0524. The summed E-state index contributed by atoms with van der Waals surface area (Å²) in [4.78, 5) is 27.2. The van der Waals surface area contributed by atoms with Crippen LogP contribution in [0.3, 0.4) is 0 Å². The number of nitrogens with zero attached hydrogens (tertiary/aromatic N) is 2. The molecule has 0 aliphatic rings. The van der Waals surface area contributed by atoms with Crippen LogP contribution in [-0.4, -0.2) is 32.1 Å². The van der Waals surface area contributed by atoms with Crippen molar-refractivity contribution in [3.8, 4) is 0 Å². The molecular formula is C23H21FN4O3. The molecule has 0 fully saturated rings. The van der Waals surface area contributed by atoms with Gasteiger partial charge in [0.25, 0.3) is 11.8 Å². The number of furan rings is 1. The van der Waals surface area contributed by atoms with Crippen molar-refractivity contribution < 1.29 is 18.4 Å². The molecule has 0 aliphatic carbocycles. The van der Waals surface area contributed by atoms with Crippen molar-refractivity contribution in [2.45, 2.75) is 0 Å². The van der Waals surface area contributed by atoms with Crippen LogP contribution in [0.2, 0.25) is 0 Å². The van der Waals surface area contributed by atoms with Crippen LogP contribution in [0.15, 0.2) is 82.1 Å². The number of amides is 2. The molecule has 1 heterocycles. The predicted molar refractivity (Wildman–Crippen MR) is 117 cm³/mol. The van der Waals surface area contributed by atoms with E-state index in [9.17, 15) is 14.0 Å². The Morgan fingerprint density at radius 3 is 2.48 bits per heavy atom. The van der Waals surface area contributed by atoms with Gasteiger partial charge in [-0.15, -0.1) is 0 Å². The second kappa shape index (κ2) is 10.0. The molecule has 0 saturated carbocycles. The first-order valence-corrected chi connectivity index (χ1v) is 9.35. The van der Waals surface area contributed by atoms with E-state index in [1.807, 2.05) is 43.3 Å². The summed E-state index contributed by atoms with van der Waals surface area (Å²) < 4.78 is 18.6. The van der Waals surface area contributed by atoms with Crippen LogP contribution in [0.1, 0.15) is 21.7 Å². The van der Waals surface area contributed by atoms with Crippen LogP contribution in [0, 0.1) is 5.82 Å². The standard InChI is InChI=1S/C23H21FN4O3/c1-28(2)19-10-8-16(9-11-19)13-21(23(30)27-25-15-20-7-4-12-31-20)26-22(29)17-5-3-6-18(24)14-17/h3-15H,1-2H3,(H,26,29)(H,27,30)/b21-13+,25-15?. The van der Waals surface area contributed by atoms with Crippen LogP contribution >= 0.6 is 0 Å². The fourth-order valence-electron chi connectivity index (χ4n) is 2.60. The fraction of sp³-hybridized carbons (Fsp3) is 0.0870. The molecule has 0 saturated heterocycles. The maximum absolute atomic E-state index is 13.5. The zero-order valence-corrected chi connectivity index (χ0v) is 17.0. The smallest absolute Gasteiger partial charge is 0.287 e. The highest BCUT2D eigenvalue weighted by Gasteiger charge is 2.15. The number of rotatable bonds is 7. The molecule has 0 spiro atoms. The topological polar surface area (TPSA) is 86.9 Å². The number of halogens is 1. The van der Waals surface area contributed by atoms with Crippen molar-refractivity contribution >= 4 is 29.8 Å². The lowest BCUT2D eigenvalue weighted by molar-refractivity contribution is -0.117. The Bertz CT molecular complexity index is 1100. The van der Waals surface area contributed by atoms with Crippen molar-refractivity contribution in [1.82, 2.24) is 10.7 Å². The second-order valence-corrected chi connectivity index (χ2v) is 6.72. The second-order valence-electron chi connectivity index (χ2n) is 6.72. The minimum atomic E-state index is -0.649. The van der Waals surface area contributed by atoms with Crippen LogP contribution in [0.4, 0.5) is 10.1 Å². The molecule has 2 amide bonds. The SMILES string of the molecule is CN(C)c1ccc(/C=C(/NC(=O)c2cccc(F)c2)C(=O)NN=Cc2ccco2)cc1. The normalized spacial score (nSPS) is 11.4. The van der Waals surface area contributed by atoms with Gasteiger partial charge in [0.15, 0.2) is 0 Å². The Kier molecular flexibility index (Phi) is 6.95. The Morgan fingerprint density at radius 1 is 1.06 bits per heavy atom.